The lowest BCUT2D eigenvalue weighted by molar-refractivity contribution is 0.230. The summed E-state index contributed by atoms with van der Waals surface area (Å²) < 4.78 is 0. The highest BCUT2D eigenvalue weighted by Gasteiger charge is 2.43. The molecule has 2 bridgehead atoms. The summed E-state index contributed by atoms with van der Waals surface area (Å²) in [7, 11) is 0. The number of benzene rings is 3. The fourth-order valence-corrected chi connectivity index (χ4v) is 5.25. The molecule has 3 heterocycles. The average molecular weight is 424 g/mol. The number of H-pyrrole nitrogens is 1. The second-order valence-corrected chi connectivity index (χ2v) is 8.68. The van der Waals surface area contributed by atoms with Gasteiger partial charge in [-0.2, -0.15) is 0 Å². The first-order chi connectivity index (χ1) is 15.8. The molecule has 2 unspecified atom stereocenters. The van der Waals surface area contributed by atoms with Gasteiger partial charge in [0, 0.05) is 37.3 Å². The van der Waals surface area contributed by atoms with Crippen LogP contribution in [-0.2, 0) is 6.54 Å². The van der Waals surface area contributed by atoms with E-state index in [0.29, 0.717) is 17.9 Å². The number of nitrogens with zero attached hydrogens (tertiary/aromatic N) is 5. The minimum atomic E-state index is 0.518. The Balaban J connectivity index is 1.23. The normalized spacial score (nSPS) is 20.2. The molecule has 0 aliphatic carbocycles. The first-order valence-corrected chi connectivity index (χ1v) is 11.0. The van der Waals surface area contributed by atoms with Crippen molar-refractivity contribution >= 4 is 11.4 Å². The van der Waals surface area contributed by atoms with Crippen LogP contribution in [0.2, 0.25) is 0 Å². The highest BCUT2D eigenvalue weighted by molar-refractivity contribution is 5.84. The number of nitrogen functional groups attached to an aromatic ring is 1. The van der Waals surface area contributed by atoms with Gasteiger partial charge in [0.2, 0.25) is 0 Å². The van der Waals surface area contributed by atoms with E-state index in [0.717, 1.165) is 47.7 Å². The molecule has 0 radical (unpaired) electrons. The van der Waals surface area contributed by atoms with Gasteiger partial charge in [0.25, 0.3) is 0 Å². The molecule has 2 aliphatic heterocycles. The number of aromatic amines is 1. The van der Waals surface area contributed by atoms with Crippen LogP contribution in [0.3, 0.4) is 0 Å². The molecule has 7 nitrogen and oxygen atoms in total. The van der Waals surface area contributed by atoms with Gasteiger partial charge in [-0.05, 0) is 45.7 Å². The highest BCUT2D eigenvalue weighted by Crippen LogP contribution is 2.40. The van der Waals surface area contributed by atoms with Gasteiger partial charge in [-0.1, -0.05) is 60.7 Å². The van der Waals surface area contributed by atoms with E-state index in [1.807, 2.05) is 18.2 Å². The Morgan fingerprint density at radius 3 is 2.44 bits per heavy atom. The first-order valence-electron chi connectivity index (χ1n) is 11.0. The van der Waals surface area contributed by atoms with Crippen molar-refractivity contribution in [3.63, 3.8) is 0 Å². The van der Waals surface area contributed by atoms with Crippen LogP contribution in [0.5, 0.6) is 0 Å². The summed E-state index contributed by atoms with van der Waals surface area (Å²) in [5.41, 5.74) is 13.0. The molecule has 2 fully saturated rings. The molecule has 3 aromatic carbocycles. The molecule has 2 atom stereocenters. The molecule has 6 rings (SSSR count). The van der Waals surface area contributed by atoms with Gasteiger partial charge in [-0.25, -0.2) is 5.10 Å². The third-order valence-electron chi connectivity index (χ3n) is 6.76. The lowest BCUT2D eigenvalue weighted by Crippen LogP contribution is -2.46. The molecule has 160 valence electrons. The molecule has 4 aromatic rings. The first kappa shape index (κ1) is 19.0. The summed E-state index contributed by atoms with van der Waals surface area (Å²) in [6, 6.07) is 26.3. The van der Waals surface area contributed by atoms with Crippen LogP contribution in [0, 0.1) is 0 Å². The zero-order chi connectivity index (χ0) is 21.5. The SMILES string of the molecule is Nc1cc(-c2ccccc2-c2nnn[nH]2)ccc1N1CC2CC1CN2Cc1ccccc1. The van der Waals surface area contributed by atoms with Crippen molar-refractivity contribution in [2.24, 2.45) is 0 Å². The smallest absolute Gasteiger partial charge is 0.180 e. The number of rotatable bonds is 5. The Morgan fingerprint density at radius 1 is 0.906 bits per heavy atom. The fourth-order valence-electron chi connectivity index (χ4n) is 5.25. The summed E-state index contributed by atoms with van der Waals surface area (Å²) in [5, 5.41) is 14.4. The van der Waals surface area contributed by atoms with Crippen molar-refractivity contribution < 1.29 is 0 Å². The van der Waals surface area contributed by atoms with Crippen molar-refractivity contribution in [1.29, 1.82) is 0 Å². The second kappa shape index (κ2) is 7.76. The number of hydrogen-bond donors (Lipinski definition) is 2. The summed E-state index contributed by atoms with van der Waals surface area (Å²) >= 11 is 0. The number of anilines is 2. The van der Waals surface area contributed by atoms with Crippen LogP contribution < -0.4 is 10.6 Å². The van der Waals surface area contributed by atoms with E-state index in [1.54, 1.807) is 0 Å². The number of likely N-dealkylation sites (tertiary alicyclic amines) is 1. The van der Waals surface area contributed by atoms with E-state index in [9.17, 15) is 0 Å². The Bertz CT molecular complexity index is 1220. The van der Waals surface area contributed by atoms with E-state index >= 15 is 0 Å². The quantitative estimate of drug-likeness (QED) is 0.477. The van der Waals surface area contributed by atoms with Crippen LogP contribution in [0.4, 0.5) is 11.4 Å². The molecule has 2 aliphatic rings. The predicted molar refractivity (Wildman–Crippen MR) is 126 cm³/mol. The minimum Gasteiger partial charge on any atom is -0.397 e. The van der Waals surface area contributed by atoms with Gasteiger partial charge in [-0.3, -0.25) is 4.90 Å². The van der Waals surface area contributed by atoms with E-state index in [2.05, 4.69) is 85.0 Å². The van der Waals surface area contributed by atoms with Crippen molar-refractivity contribution in [3.8, 4) is 22.5 Å². The van der Waals surface area contributed by atoms with Crippen LogP contribution in [0.15, 0.2) is 72.8 Å². The third-order valence-corrected chi connectivity index (χ3v) is 6.76. The van der Waals surface area contributed by atoms with E-state index < -0.39 is 0 Å². The molecule has 2 saturated heterocycles. The molecule has 32 heavy (non-hydrogen) atoms. The summed E-state index contributed by atoms with van der Waals surface area (Å²) in [5.74, 6) is 0.651. The number of hydrogen-bond acceptors (Lipinski definition) is 6. The molecule has 0 amide bonds. The van der Waals surface area contributed by atoms with E-state index in [-0.39, 0.29) is 0 Å². The van der Waals surface area contributed by atoms with Gasteiger partial charge in [0.05, 0.1) is 11.4 Å². The molecular weight excluding hydrogens is 398 g/mol. The number of piperazine rings is 1. The Hall–Kier alpha value is -3.71. The van der Waals surface area contributed by atoms with E-state index in [4.69, 9.17) is 5.73 Å². The summed E-state index contributed by atoms with van der Waals surface area (Å²) in [6.45, 7) is 3.14. The standard InChI is InChI=1S/C25H25N7/c26-23-12-18(21-8-4-5-9-22(21)25-27-29-30-28-25)10-11-24(23)32-16-19-13-20(32)15-31(19)14-17-6-2-1-3-7-17/h1-12,19-20H,13-16,26H2,(H,27,28,29,30). The summed E-state index contributed by atoms with van der Waals surface area (Å²) in [6.07, 6.45) is 1.20. The van der Waals surface area contributed by atoms with Crippen LogP contribution in [-0.4, -0.2) is 50.7 Å². The predicted octanol–water partition coefficient (Wildman–Crippen LogP) is 3.58. The largest absolute Gasteiger partial charge is 0.397 e. The lowest BCUT2D eigenvalue weighted by Gasteiger charge is -2.36. The maximum absolute atomic E-state index is 6.59. The zero-order valence-corrected chi connectivity index (χ0v) is 17.7. The second-order valence-electron chi connectivity index (χ2n) is 8.68. The molecule has 7 heteroatoms. The van der Waals surface area contributed by atoms with E-state index in [1.165, 1.54) is 12.0 Å². The topological polar surface area (TPSA) is 87.0 Å². The van der Waals surface area contributed by atoms with Crippen molar-refractivity contribution in [3.05, 3.63) is 78.4 Å². The van der Waals surface area contributed by atoms with Gasteiger partial charge in [0.1, 0.15) is 0 Å². The number of nitrogens with two attached hydrogens (primary N) is 1. The zero-order valence-electron chi connectivity index (χ0n) is 17.7. The minimum absolute atomic E-state index is 0.518. The Kier molecular flexibility index (Phi) is 4.61. The van der Waals surface area contributed by atoms with Crippen LogP contribution >= 0.6 is 0 Å². The number of fused-ring (bicyclic) bond motifs is 2. The number of nitrogens with one attached hydrogen (secondary N) is 1. The number of aromatic nitrogens is 4. The maximum Gasteiger partial charge on any atom is 0.180 e. The molecule has 1 aromatic heterocycles. The van der Waals surface area contributed by atoms with Crippen molar-refractivity contribution in [2.75, 3.05) is 23.7 Å². The van der Waals surface area contributed by atoms with Gasteiger partial charge >= 0.3 is 0 Å². The Labute approximate surface area is 186 Å². The number of tetrazole rings is 1. The van der Waals surface area contributed by atoms with Gasteiger partial charge in [0.15, 0.2) is 5.82 Å². The molecular formula is C25H25N7. The monoisotopic (exact) mass is 423 g/mol. The summed E-state index contributed by atoms with van der Waals surface area (Å²) in [4.78, 5) is 5.11. The van der Waals surface area contributed by atoms with Crippen LogP contribution in [0.1, 0.15) is 12.0 Å². The molecule has 0 spiro atoms. The van der Waals surface area contributed by atoms with Gasteiger partial charge in [-0.15, -0.1) is 5.10 Å². The fraction of sp³-hybridized carbons (Fsp3) is 0.240. The lowest BCUT2D eigenvalue weighted by atomic mass is 9.98. The van der Waals surface area contributed by atoms with Crippen LogP contribution in [0.25, 0.3) is 22.5 Å². The average Bonchev–Trinajstić information content (AvgIpc) is 3.58. The van der Waals surface area contributed by atoms with Crippen molar-refractivity contribution in [1.82, 2.24) is 25.5 Å². The third kappa shape index (κ3) is 3.31. The molecule has 0 saturated carbocycles. The highest BCUT2D eigenvalue weighted by atomic mass is 15.5. The Morgan fingerprint density at radius 2 is 1.72 bits per heavy atom. The van der Waals surface area contributed by atoms with Gasteiger partial charge < -0.3 is 10.6 Å². The van der Waals surface area contributed by atoms with Crippen molar-refractivity contribution in [2.45, 2.75) is 25.0 Å². The maximum atomic E-state index is 6.59. The molecule has 3 N–H and O–H groups in total.